The molecule has 0 amide bonds. The van der Waals surface area contributed by atoms with E-state index >= 15 is 0 Å². The van der Waals surface area contributed by atoms with Gasteiger partial charge in [-0.1, -0.05) is 50.2 Å². The van der Waals surface area contributed by atoms with E-state index in [4.69, 9.17) is 4.74 Å². The standard InChI is InChI=1S/C21H28FNO2/c1-17(2)12-13-23(14-18-8-6-7-11-21(18)22)15-19(24)16-25-20-9-4-3-5-10-20/h3-11,17,19,24H,12-16H2,1-2H3/t19-/m0/s1. The molecule has 4 heteroatoms. The van der Waals surface area contributed by atoms with E-state index in [1.807, 2.05) is 36.4 Å². The lowest BCUT2D eigenvalue weighted by atomic mass is 10.1. The Bertz CT molecular complexity index is 618. The van der Waals surface area contributed by atoms with Crippen LogP contribution in [-0.4, -0.2) is 35.8 Å². The third kappa shape index (κ3) is 7.24. The summed E-state index contributed by atoms with van der Waals surface area (Å²) in [6.07, 6.45) is 0.375. The average molecular weight is 345 g/mol. The maximum Gasteiger partial charge on any atom is 0.127 e. The first-order chi connectivity index (χ1) is 12.0. The van der Waals surface area contributed by atoms with Crippen LogP contribution in [0, 0.1) is 11.7 Å². The second-order valence-corrected chi connectivity index (χ2v) is 6.79. The monoisotopic (exact) mass is 345 g/mol. The third-order valence-electron chi connectivity index (χ3n) is 4.03. The quantitative estimate of drug-likeness (QED) is 0.703. The minimum absolute atomic E-state index is 0.202. The summed E-state index contributed by atoms with van der Waals surface area (Å²) in [6, 6.07) is 16.3. The molecule has 2 rings (SSSR count). The predicted molar refractivity (Wildman–Crippen MR) is 99.1 cm³/mol. The average Bonchev–Trinajstić information content (AvgIpc) is 2.60. The zero-order valence-electron chi connectivity index (χ0n) is 15.1. The van der Waals surface area contributed by atoms with Crippen LogP contribution >= 0.6 is 0 Å². The van der Waals surface area contributed by atoms with Crippen molar-refractivity contribution in [2.24, 2.45) is 5.92 Å². The highest BCUT2D eigenvalue weighted by Gasteiger charge is 2.15. The maximum absolute atomic E-state index is 13.9. The van der Waals surface area contributed by atoms with Gasteiger partial charge in [-0.05, 0) is 37.1 Å². The van der Waals surface area contributed by atoms with E-state index in [0.29, 0.717) is 24.6 Å². The lowest BCUT2D eigenvalue weighted by molar-refractivity contribution is 0.0635. The van der Waals surface area contributed by atoms with Crippen LogP contribution in [0.1, 0.15) is 25.8 Å². The number of benzene rings is 2. The van der Waals surface area contributed by atoms with Crippen molar-refractivity contribution in [2.45, 2.75) is 32.9 Å². The van der Waals surface area contributed by atoms with Crippen molar-refractivity contribution >= 4 is 0 Å². The largest absolute Gasteiger partial charge is 0.491 e. The zero-order chi connectivity index (χ0) is 18.1. The number of rotatable bonds is 10. The molecule has 1 atom stereocenters. The highest BCUT2D eigenvalue weighted by atomic mass is 19.1. The summed E-state index contributed by atoms with van der Waals surface area (Å²) >= 11 is 0. The van der Waals surface area contributed by atoms with Gasteiger partial charge in [-0.2, -0.15) is 0 Å². The minimum Gasteiger partial charge on any atom is -0.491 e. The summed E-state index contributed by atoms with van der Waals surface area (Å²) in [5, 5.41) is 10.3. The molecule has 0 fully saturated rings. The molecule has 2 aromatic carbocycles. The first-order valence-corrected chi connectivity index (χ1v) is 8.86. The maximum atomic E-state index is 13.9. The fourth-order valence-electron chi connectivity index (χ4n) is 2.60. The Morgan fingerprint density at radius 1 is 1.04 bits per heavy atom. The van der Waals surface area contributed by atoms with Crippen molar-refractivity contribution in [3.8, 4) is 5.75 Å². The molecule has 25 heavy (non-hydrogen) atoms. The fraction of sp³-hybridized carbons (Fsp3) is 0.429. The van der Waals surface area contributed by atoms with Gasteiger partial charge >= 0.3 is 0 Å². The fourth-order valence-corrected chi connectivity index (χ4v) is 2.60. The molecule has 0 spiro atoms. The summed E-state index contributed by atoms with van der Waals surface area (Å²) in [7, 11) is 0. The van der Waals surface area contributed by atoms with Crippen LogP contribution in [-0.2, 0) is 6.54 Å². The number of aliphatic hydroxyl groups excluding tert-OH is 1. The highest BCUT2D eigenvalue weighted by molar-refractivity contribution is 5.21. The second-order valence-electron chi connectivity index (χ2n) is 6.79. The van der Waals surface area contributed by atoms with Gasteiger partial charge < -0.3 is 9.84 Å². The normalized spacial score (nSPS) is 12.6. The van der Waals surface area contributed by atoms with E-state index in [9.17, 15) is 9.50 Å². The van der Waals surface area contributed by atoms with Gasteiger partial charge in [0.05, 0.1) is 0 Å². The van der Waals surface area contributed by atoms with Crippen LogP contribution in [0.5, 0.6) is 5.75 Å². The zero-order valence-corrected chi connectivity index (χ0v) is 15.1. The van der Waals surface area contributed by atoms with E-state index in [0.717, 1.165) is 18.7 Å². The Morgan fingerprint density at radius 2 is 1.72 bits per heavy atom. The second kappa shape index (κ2) is 10.2. The number of hydrogen-bond acceptors (Lipinski definition) is 3. The summed E-state index contributed by atoms with van der Waals surface area (Å²) in [6.45, 7) is 6.30. The molecule has 0 saturated heterocycles. The predicted octanol–water partition coefficient (Wildman–Crippen LogP) is 4.11. The SMILES string of the molecule is CC(C)CCN(Cc1ccccc1F)C[C@H](O)COc1ccccc1. The van der Waals surface area contributed by atoms with Gasteiger partial charge in [0.2, 0.25) is 0 Å². The summed E-state index contributed by atoms with van der Waals surface area (Å²) < 4.78 is 19.6. The summed E-state index contributed by atoms with van der Waals surface area (Å²) in [5.74, 6) is 1.09. The van der Waals surface area contributed by atoms with Gasteiger partial charge in [-0.25, -0.2) is 4.39 Å². The highest BCUT2D eigenvalue weighted by Crippen LogP contribution is 2.13. The Hall–Kier alpha value is -1.91. The van der Waals surface area contributed by atoms with E-state index in [1.54, 1.807) is 12.1 Å². The Balaban J connectivity index is 1.91. The van der Waals surface area contributed by atoms with Gasteiger partial charge in [-0.15, -0.1) is 0 Å². The number of para-hydroxylation sites is 1. The number of hydrogen-bond donors (Lipinski definition) is 1. The number of halogens is 1. The number of aliphatic hydroxyl groups is 1. The first kappa shape index (κ1) is 19.4. The lowest BCUT2D eigenvalue weighted by Crippen LogP contribution is -2.36. The van der Waals surface area contributed by atoms with Crippen LogP contribution in [0.25, 0.3) is 0 Å². The molecular formula is C21H28FNO2. The van der Waals surface area contributed by atoms with Crippen molar-refractivity contribution in [1.29, 1.82) is 0 Å². The van der Waals surface area contributed by atoms with Crippen molar-refractivity contribution in [3.05, 3.63) is 66.0 Å². The van der Waals surface area contributed by atoms with Crippen molar-refractivity contribution < 1.29 is 14.2 Å². The molecule has 0 radical (unpaired) electrons. The molecule has 0 saturated carbocycles. The summed E-state index contributed by atoms with van der Waals surface area (Å²) in [5.41, 5.74) is 0.655. The van der Waals surface area contributed by atoms with Crippen LogP contribution in [0.4, 0.5) is 4.39 Å². The van der Waals surface area contributed by atoms with Gasteiger partial charge in [-0.3, -0.25) is 4.90 Å². The van der Waals surface area contributed by atoms with Gasteiger partial charge in [0.25, 0.3) is 0 Å². The van der Waals surface area contributed by atoms with Crippen molar-refractivity contribution in [3.63, 3.8) is 0 Å². The van der Waals surface area contributed by atoms with E-state index in [1.165, 1.54) is 6.07 Å². The van der Waals surface area contributed by atoms with Gasteiger partial charge in [0.15, 0.2) is 0 Å². The topological polar surface area (TPSA) is 32.7 Å². The molecule has 1 N–H and O–H groups in total. The van der Waals surface area contributed by atoms with Crippen LogP contribution in [0.3, 0.4) is 0 Å². The lowest BCUT2D eigenvalue weighted by Gasteiger charge is -2.26. The minimum atomic E-state index is -0.626. The van der Waals surface area contributed by atoms with E-state index < -0.39 is 6.10 Å². The molecule has 0 heterocycles. The van der Waals surface area contributed by atoms with Crippen molar-refractivity contribution in [2.75, 3.05) is 19.7 Å². The first-order valence-electron chi connectivity index (χ1n) is 8.86. The van der Waals surface area contributed by atoms with Crippen LogP contribution in [0.2, 0.25) is 0 Å². The smallest absolute Gasteiger partial charge is 0.127 e. The molecule has 3 nitrogen and oxygen atoms in total. The van der Waals surface area contributed by atoms with Gasteiger partial charge in [0.1, 0.15) is 24.3 Å². The van der Waals surface area contributed by atoms with Crippen molar-refractivity contribution in [1.82, 2.24) is 4.90 Å². The number of nitrogens with zero attached hydrogens (tertiary/aromatic N) is 1. The summed E-state index contributed by atoms with van der Waals surface area (Å²) in [4.78, 5) is 2.09. The molecule has 0 unspecified atom stereocenters. The molecule has 0 aliphatic carbocycles. The number of ether oxygens (including phenoxy) is 1. The third-order valence-corrected chi connectivity index (χ3v) is 4.03. The molecule has 136 valence electrons. The molecule has 2 aromatic rings. The van der Waals surface area contributed by atoms with E-state index in [-0.39, 0.29) is 12.4 Å². The van der Waals surface area contributed by atoms with Crippen LogP contribution < -0.4 is 4.74 Å². The van der Waals surface area contributed by atoms with Crippen LogP contribution in [0.15, 0.2) is 54.6 Å². The molecule has 0 aromatic heterocycles. The molecule has 0 aliphatic rings. The molecular weight excluding hydrogens is 317 g/mol. The molecule has 0 bridgehead atoms. The Kier molecular flexibility index (Phi) is 7.89. The Morgan fingerprint density at radius 3 is 2.40 bits per heavy atom. The Labute approximate surface area is 150 Å². The molecule has 0 aliphatic heterocycles. The van der Waals surface area contributed by atoms with Gasteiger partial charge in [0, 0.05) is 18.7 Å². The van der Waals surface area contributed by atoms with E-state index in [2.05, 4.69) is 18.7 Å².